The van der Waals surface area contributed by atoms with Crippen LogP contribution in [0.3, 0.4) is 0 Å². The lowest BCUT2D eigenvalue weighted by atomic mass is 10.2. The molecule has 2 rings (SSSR count). The highest BCUT2D eigenvalue weighted by atomic mass is 32.2. The number of halogens is 3. The third-order valence-electron chi connectivity index (χ3n) is 3.68. The SMILES string of the molecule is COc1ccc(S(=O)(=O)N2[C@H](C)CNC[C@@H]2C)cc1OC(F)(F)F. The van der Waals surface area contributed by atoms with E-state index in [1.807, 2.05) is 0 Å². The zero-order chi connectivity index (χ0) is 18.1. The summed E-state index contributed by atoms with van der Waals surface area (Å²) in [5, 5.41) is 3.10. The molecule has 1 aromatic carbocycles. The van der Waals surface area contributed by atoms with Crippen molar-refractivity contribution < 1.29 is 31.1 Å². The van der Waals surface area contributed by atoms with Crippen molar-refractivity contribution in [3.8, 4) is 11.5 Å². The van der Waals surface area contributed by atoms with Gasteiger partial charge >= 0.3 is 6.36 Å². The van der Waals surface area contributed by atoms with Crippen LogP contribution in [0, 0.1) is 0 Å². The van der Waals surface area contributed by atoms with E-state index < -0.39 is 22.1 Å². The van der Waals surface area contributed by atoms with Crippen molar-refractivity contribution in [3.63, 3.8) is 0 Å². The Balaban J connectivity index is 2.45. The van der Waals surface area contributed by atoms with E-state index in [-0.39, 0.29) is 22.7 Å². The Hall–Kier alpha value is -1.52. The lowest BCUT2D eigenvalue weighted by Gasteiger charge is -2.38. The molecule has 1 aliphatic rings. The Morgan fingerprint density at radius 1 is 1.17 bits per heavy atom. The Kier molecular flexibility index (Phi) is 5.31. The molecule has 1 aromatic rings. The second-order valence-electron chi connectivity index (χ2n) is 5.55. The van der Waals surface area contributed by atoms with Gasteiger partial charge in [0.15, 0.2) is 11.5 Å². The van der Waals surface area contributed by atoms with E-state index >= 15 is 0 Å². The van der Waals surface area contributed by atoms with E-state index in [0.717, 1.165) is 12.1 Å². The summed E-state index contributed by atoms with van der Waals surface area (Å²) in [5.74, 6) is -0.894. The number of methoxy groups -OCH3 is 1. The molecule has 1 fully saturated rings. The van der Waals surface area contributed by atoms with Gasteiger partial charge in [-0.1, -0.05) is 0 Å². The summed E-state index contributed by atoms with van der Waals surface area (Å²) < 4.78 is 73.2. The normalized spacial score (nSPS) is 23.1. The van der Waals surface area contributed by atoms with Gasteiger partial charge in [-0.2, -0.15) is 4.31 Å². The van der Waals surface area contributed by atoms with Crippen molar-refractivity contribution >= 4 is 10.0 Å². The molecular weight excluding hydrogens is 349 g/mol. The number of alkyl halides is 3. The third-order valence-corrected chi connectivity index (χ3v) is 5.81. The lowest BCUT2D eigenvalue weighted by Crippen LogP contribution is -2.57. The summed E-state index contributed by atoms with van der Waals surface area (Å²) in [6.07, 6.45) is -4.95. The molecule has 1 aliphatic heterocycles. The molecule has 1 N–H and O–H groups in total. The summed E-state index contributed by atoms with van der Waals surface area (Å²) in [6.45, 7) is 4.39. The van der Waals surface area contributed by atoms with Crippen LogP contribution < -0.4 is 14.8 Å². The van der Waals surface area contributed by atoms with E-state index in [1.165, 1.54) is 17.5 Å². The molecule has 0 saturated carbocycles. The molecule has 0 bridgehead atoms. The van der Waals surface area contributed by atoms with Crippen molar-refractivity contribution in [2.45, 2.75) is 37.2 Å². The number of sulfonamides is 1. The molecule has 0 amide bonds. The van der Waals surface area contributed by atoms with E-state index in [0.29, 0.717) is 13.1 Å². The van der Waals surface area contributed by atoms with E-state index in [1.54, 1.807) is 13.8 Å². The van der Waals surface area contributed by atoms with Crippen LogP contribution in [0.4, 0.5) is 13.2 Å². The first-order valence-corrected chi connectivity index (χ1v) is 8.68. The van der Waals surface area contributed by atoms with Crippen LogP contribution in [-0.4, -0.2) is 51.4 Å². The van der Waals surface area contributed by atoms with Crippen LogP contribution in [0.25, 0.3) is 0 Å². The first kappa shape index (κ1) is 18.8. The molecular formula is C14H19F3N2O4S. The second kappa shape index (κ2) is 6.77. The van der Waals surface area contributed by atoms with Crippen molar-refractivity contribution in [2.24, 2.45) is 0 Å². The molecule has 0 radical (unpaired) electrons. The highest BCUT2D eigenvalue weighted by Gasteiger charge is 2.37. The highest BCUT2D eigenvalue weighted by molar-refractivity contribution is 7.89. The second-order valence-corrected chi connectivity index (χ2v) is 7.39. The van der Waals surface area contributed by atoms with Crippen LogP contribution in [0.5, 0.6) is 11.5 Å². The molecule has 0 aromatic heterocycles. The topological polar surface area (TPSA) is 67.9 Å². The summed E-state index contributed by atoms with van der Waals surface area (Å²) >= 11 is 0. The monoisotopic (exact) mass is 368 g/mol. The third kappa shape index (κ3) is 3.93. The van der Waals surface area contributed by atoms with Crippen LogP contribution >= 0.6 is 0 Å². The summed E-state index contributed by atoms with van der Waals surface area (Å²) in [4.78, 5) is -0.275. The molecule has 6 nitrogen and oxygen atoms in total. The fourth-order valence-corrected chi connectivity index (χ4v) is 4.57. The van der Waals surface area contributed by atoms with Gasteiger partial charge in [-0.05, 0) is 26.0 Å². The van der Waals surface area contributed by atoms with Crippen molar-refractivity contribution in [1.29, 1.82) is 0 Å². The minimum Gasteiger partial charge on any atom is -0.493 e. The number of nitrogens with one attached hydrogen (secondary N) is 1. The molecule has 0 aliphatic carbocycles. The van der Waals surface area contributed by atoms with Crippen molar-refractivity contribution in [1.82, 2.24) is 9.62 Å². The molecule has 136 valence electrons. The maximum absolute atomic E-state index is 12.8. The minimum atomic E-state index is -4.95. The highest BCUT2D eigenvalue weighted by Crippen LogP contribution is 2.35. The zero-order valence-corrected chi connectivity index (χ0v) is 14.2. The average Bonchev–Trinajstić information content (AvgIpc) is 2.45. The number of nitrogens with zero attached hydrogens (tertiary/aromatic N) is 1. The smallest absolute Gasteiger partial charge is 0.493 e. The van der Waals surface area contributed by atoms with Crippen LogP contribution in [0.15, 0.2) is 23.1 Å². The number of rotatable bonds is 4. The zero-order valence-electron chi connectivity index (χ0n) is 13.4. The largest absolute Gasteiger partial charge is 0.573 e. The van der Waals surface area contributed by atoms with Gasteiger partial charge < -0.3 is 14.8 Å². The standard InChI is InChI=1S/C14H19F3N2O4S/c1-9-7-18-8-10(2)19(9)24(20,21)11-4-5-12(22-3)13(6-11)23-14(15,16)17/h4-6,9-10,18H,7-8H2,1-3H3/t9-,10+. The first-order valence-electron chi connectivity index (χ1n) is 7.24. The molecule has 0 spiro atoms. The Bertz CT molecular complexity index is 684. The van der Waals surface area contributed by atoms with Gasteiger partial charge in [0.2, 0.25) is 10.0 Å². The first-order chi connectivity index (χ1) is 11.1. The van der Waals surface area contributed by atoms with Gasteiger partial charge in [0.25, 0.3) is 0 Å². The quantitative estimate of drug-likeness (QED) is 0.880. The Morgan fingerprint density at radius 3 is 2.25 bits per heavy atom. The summed E-state index contributed by atoms with van der Waals surface area (Å²) in [7, 11) is -2.80. The van der Waals surface area contributed by atoms with Crippen LogP contribution in [-0.2, 0) is 10.0 Å². The molecule has 1 saturated heterocycles. The maximum Gasteiger partial charge on any atom is 0.573 e. The average molecular weight is 368 g/mol. The van der Waals surface area contributed by atoms with Gasteiger partial charge in [-0.15, -0.1) is 13.2 Å². The Labute approximate surface area is 138 Å². The van der Waals surface area contributed by atoms with Crippen LogP contribution in [0.2, 0.25) is 0 Å². The molecule has 1 heterocycles. The van der Waals surface area contributed by atoms with Gasteiger partial charge in [0, 0.05) is 31.2 Å². The van der Waals surface area contributed by atoms with E-state index in [2.05, 4.69) is 10.1 Å². The molecule has 10 heteroatoms. The number of hydrogen-bond donors (Lipinski definition) is 1. The number of piperazine rings is 1. The van der Waals surface area contributed by atoms with Crippen LogP contribution in [0.1, 0.15) is 13.8 Å². The van der Waals surface area contributed by atoms with E-state index in [4.69, 9.17) is 4.74 Å². The van der Waals surface area contributed by atoms with Gasteiger partial charge in [0.05, 0.1) is 12.0 Å². The predicted molar refractivity (Wildman–Crippen MR) is 80.5 cm³/mol. The fourth-order valence-electron chi connectivity index (χ4n) is 2.73. The van der Waals surface area contributed by atoms with Crippen molar-refractivity contribution in [2.75, 3.05) is 20.2 Å². The van der Waals surface area contributed by atoms with Gasteiger partial charge in [-0.25, -0.2) is 8.42 Å². The molecule has 0 unspecified atom stereocenters. The van der Waals surface area contributed by atoms with Gasteiger partial charge in [0.1, 0.15) is 0 Å². The molecule has 24 heavy (non-hydrogen) atoms. The minimum absolute atomic E-state index is 0.201. The maximum atomic E-state index is 12.8. The number of hydrogen-bond acceptors (Lipinski definition) is 5. The number of ether oxygens (including phenoxy) is 2. The Morgan fingerprint density at radius 2 is 1.75 bits per heavy atom. The predicted octanol–water partition coefficient (Wildman–Crippen LogP) is 1.96. The lowest BCUT2D eigenvalue weighted by molar-refractivity contribution is -0.275. The summed E-state index contributed by atoms with van der Waals surface area (Å²) in [6, 6.07) is 2.54. The van der Waals surface area contributed by atoms with E-state index in [9.17, 15) is 21.6 Å². The molecule has 2 atom stereocenters. The summed E-state index contributed by atoms with van der Waals surface area (Å²) in [5.41, 5.74) is 0. The number of benzene rings is 1. The van der Waals surface area contributed by atoms with Gasteiger partial charge in [-0.3, -0.25) is 0 Å². The fraction of sp³-hybridized carbons (Fsp3) is 0.571. The van der Waals surface area contributed by atoms with Crippen molar-refractivity contribution in [3.05, 3.63) is 18.2 Å².